The molecular formula is C16H22N2O2. The van der Waals surface area contributed by atoms with Crippen LogP contribution in [0.3, 0.4) is 0 Å². The Labute approximate surface area is 120 Å². The molecule has 2 rings (SSSR count). The molecule has 1 aromatic carbocycles. The fourth-order valence-corrected chi connectivity index (χ4v) is 2.77. The highest BCUT2D eigenvalue weighted by Gasteiger charge is 2.24. The van der Waals surface area contributed by atoms with Crippen molar-refractivity contribution in [2.45, 2.75) is 38.3 Å². The van der Waals surface area contributed by atoms with E-state index in [1.165, 1.54) is 12.8 Å². The lowest BCUT2D eigenvalue weighted by Gasteiger charge is -2.28. The van der Waals surface area contributed by atoms with E-state index in [1.807, 2.05) is 18.2 Å². The Bertz CT molecular complexity index is 482. The van der Waals surface area contributed by atoms with Gasteiger partial charge >= 0.3 is 0 Å². The van der Waals surface area contributed by atoms with Crippen molar-refractivity contribution in [1.29, 1.82) is 5.26 Å². The molecule has 0 radical (unpaired) electrons. The van der Waals surface area contributed by atoms with E-state index >= 15 is 0 Å². The first-order valence-electron chi connectivity index (χ1n) is 7.12. The summed E-state index contributed by atoms with van der Waals surface area (Å²) in [5, 5.41) is 12.7. The number of nitriles is 1. The fraction of sp³-hybridized carbons (Fsp3) is 0.562. The van der Waals surface area contributed by atoms with Gasteiger partial charge in [-0.2, -0.15) is 5.26 Å². The van der Waals surface area contributed by atoms with Crippen LogP contribution in [0.2, 0.25) is 0 Å². The maximum atomic E-state index is 9.20. The van der Waals surface area contributed by atoms with Gasteiger partial charge in [-0.25, -0.2) is 0 Å². The van der Waals surface area contributed by atoms with E-state index in [4.69, 9.17) is 9.47 Å². The van der Waals surface area contributed by atoms with Crippen LogP contribution in [-0.4, -0.2) is 20.3 Å². The number of nitrogens with one attached hydrogen (secondary N) is 1. The fourth-order valence-electron chi connectivity index (χ4n) is 2.77. The molecule has 1 N–H and O–H groups in total. The Balaban J connectivity index is 2.01. The molecule has 2 atom stereocenters. The average Bonchev–Trinajstić information content (AvgIpc) is 2.52. The maximum absolute atomic E-state index is 9.20. The minimum absolute atomic E-state index is 0.132. The molecule has 4 nitrogen and oxygen atoms in total. The Morgan fingerprint density at radius 3 is 2.75 bits per heavy atom. The van der Waals surface area contributed by atoms with E-state index in [-0.39, 0.29) is 5.92 Å². The second kappa shape index (κ2) is 7.16. The van der Waals surface area contributed by atoms with Crippen molar-refractivity contribution in [1.82, 2.24) is 5.32 Å². The summed E-state index contributed by atoms with van der Waals surface area (Å²) in [4.78, 5) is 0. The Hall–Kier alpha value is -1.73. The van der Waals surface area contributed by atoms with E-state index in [2.05, 4.69) is 11.4 Å². The van der Waals surface area contributed by atoms with Crippen LogP contribution in [0, 0.1) is 17.2 Å². The van der Waals surface area contributed by atoms with Crippen LogP contribution in [0.5, 0.6) is 11.5 Å². The molecule has 0 amide bonds. The number of benzene rings is 1. The second-order valence-electron chi connectivity index (χ2n) is 5.19. The summed E-state index contributed by atoms with van der Waals surface area (Å²) in [6.45, 7) is 0.718. The summed E-state index contributed by atoms with van der Waals surface area (Å²) in [6, 6.07) is 8.55. The van der Waals surface area contributed by atoms with Crippen LogP contribution in [0.15, 0.2) is 18.2 Å². The first kappa shape index (κ1) is 14.7. The number of methoxy groups -OCH3 is 2. The van der Waals surface area contributed by atoms with Gasteiger partial charge in [0, 0.05) is 24.2 Å². The maximum Gasteiger partial charge on any atom is 0.127 e. The van der Waals surface area contributed by atoms with E-state index in [0.29, 0.717) is 6.04 Å². The normalized spacial score (nSPS) is 22.1. The quantitative estimate of drug-likeness (QED) is 0.897. The van der Waals surface area contributed by atoms with Gasteiger partial charge in [-0.1, -0.05) is 18.9 Å². The predicted octanol–water partition coefficient (Wildman–Crippen LogP) is 2.88. The molecule has 1 saturated carbocycles. The summed E-state index contributed by atoms with van der Waals surface area (Å²) >= 11 is 0. The lowest BCUT2D eigenvalue weighted by molar-refractivity contribution is 0.309. The molecule has 20 heavy (non-hydrogen) atoms. The van der Waals surface area contributed by atoms with Crippen molar-refractivity contribution < 1.29 is 9.47 Å². The third-order valence-corrected chi connectivity index (χ3v) is 3.98. The van der Waals surface area contributed by atoms with Crippen LogP contribution in [0.4, 0.5) is 0 Å². The molecule has 1 aliphatic rings. The van der Waals surface area contributed by atoms with Crippen molar-refractivity contribution >= 4 is 0 Å². The minimum atomic E-state index is 0.132. The predicted molar refractivity (Wildman–Crippen MR) is 77.7 cm³/mol. The first-order valence-corrected chi connectivity index (χ1v) is 7.12. The number of hydrogen-bond acceptors (Lipinski definition) is 4. The van der Waals surface area contributed by atoms with Gasteiger partial charge in [0.1, 0.15) is 11.5 Å². The summed E-state index contributed by atoms with van der Waals surface area (Å²) in [5.74, 6) is 1.74. The standard InChI is InChI=1S/C16H22N2O2/c1-19-14-8-7-13(16(9-14)20-2)11-18-15-6-4-3-5-12(15)10-17/h7-9,12,15,18H,3-6,11H2,1-2H3. The van der Waals surface area contributed by atoms with Crippen LogP contribution in [0.25, 0.3) is 0 Å². The first-order chi connectivity index (χ1) is 9.78. The van der Waals surface area contributed by atoms with Crippen molar-refractivity contribution in [3.05, 3.63) is 23.8 Å². The van der Waals surface area contributed by atoms with E-state index in [1.54, 1.807) is 14.2 Å². The van der Waals surface area contributed by atoms with Crippen molar-refractivity contribution in [2.24, 2.45) is 5.92 Å². The van der Waals surface area contributed by atoms with Crippen LogP contribution in [0.1, 0.15) is 31.2 Å². The molecule has 0 aromatic heterocycles. The Kier molecular flexibility index (Phi) is 5.25. The molecule has 0 spiro atoms. The molecular weight excluding hydrogens is 252 g/mol. The van der Waals surface area contributed by atoms with Crippen molar-refractivity contribution in [3.8, 4) is 17.6 Å². The van der Waals surface area contributed by atoms with Gasteiger partial charge in [0.2, 0.25) is 0 Å². The Morgan fingerprint density at radius 1 is 1.25 bits per heavy atom. The number of nitrogens with zero attached hydrogens (tertiary/aromatic N) is 1. The average molecular weight is 274 g/mol. The lowest BCUT2D eigenvalue weighted by Crippen LogP contribution is -2.37. The van der Waals surface area contributed by atoms with Gasteiger partial charge < -0.3 is 14.8 Å². The largest absolute Gasteiger partial charge is 0.497 e. The zero-order valence-corrected chi connectivity index (χ0v) is 12.2. The molecule has 108 valence electrons. The highest BCUT2D eigenvalue weighted by atomic mass is 16.5. The van der Waals surface area contributed by atoms with Crippen LogP contribution in [-0.2, 0) is 6.54 Å². The number of rotatable bonds is 5. The lowest BCUT2D eigenvalue weighted by atomic mass is 9.85. The molecule has 0 heterocycles. The molecule has 2 unspecified atom stereocenters. The smallest absolute Gasteiger partial charge is 0.127 e. The third-order valence-electron chi connectivity index (χ3n) is 3.98. The zero-order chi connectivity index (χ0) is 14.4. The molecule has 1 fully saturated rings. The summed E-state index contributed by atoms with van der Waals surface area (Å²) in [5.41, 5.74) is 1.09. The molecule has 4 heteroatoms. The zero-order valence-electron chi connectivity index (χ0n) is 12.2. The summed E-state index contributed by atoms with van der Waals surface area (Å²) in [7, 11) is 3.31. The van der Waals surface area contributed by atoms with Gasteiger partial charge in [-0.15, -0.1) is 0 Å². The van der Waals surface area contributed by atoms with E-state index < -0.39 is 0 Å². The van der Waals surface area contributed by atoms with Crippen molar-refractivity contribution in [2.75, 3.05) is 14.2 Å². The van der Waals surface area contributed by atoms with E-state index in [9.17, 15) is 5.26 Å². The van der Waals surface area contributed by atoms with Gasteiger partial charge in [-0.3, -0.25) is 0 Å². The van der Waals surface area contributed by atoms with Gasteiger partial charge in [0.15, 0.2) is 0 Å². The topological polar surface area (TPSA) is 54.3 Å². The third kappa shape index (κ3) is 3.43. The number of ether oxygens (including phenoxy) is 2. The highest BCUT2D eigenvalue weighted by molar-refractivity contribution is 5.40. The minimum Gasteiger partial charge on any atom is -0.497 e. The summed E-state index contributed by atoms with van der Waals surface area (Å²) < 4.78 is 10.6. The molecule has 0 saturated heterocycles. The monoisotopic (exact) mass is 274 g/mol. The van der Waals surface area contributed by atoms with Crippen molar-refractivity contribution in [3.63, 3.8) is 0 Å². The molecule has 0 aliphatic heterocycles. The molecule has 1 aliphatic carbocycles. The molecule has 0 bridgehead atoms. The van der Waals surface area contributed by atoms with Crippen LogP contribution < -0.4 is 14.8 Å². The Morgan fingerprint density at radius 2 is 2.05 bits per heavy atom. The van der Waals surface area contributed by atoms with Gasteiger partial charge in [-0.05, 0) is 18.9 Å². The number of hydrogen-bond donors (Lipinski definition) is 1. The van der Waals surface area contributed by atoms with Gasteiger partial charge in [0.05, 0.1) is 26.2 Å². The SMILES string of the molecule is COc1ccc(CNC2CCCCC2C#N)c(OC)c1. The van der Waals surface area contributed by atoms with Crippen LogP contribution >= 0.6 is 0 Å². The highest BCUT2D eigenvalue weighted by Crippen LogP contribution is 2.27. The van der Waals surface area contributed by atoms with Gasteiger partial charge in [0.25, 0.3) is 0 Å². The summed E-state index contributed by atoms with van der Waals surface area (Å²) in [6.07, 6.45) is 4.46. The molecule has 1 aromatic rings. The second-order valence-corrected chi connectivity index (χ2v) is 5.19. The van der Waals surface area contributed by atoms with E-state index in [0.717, 1.165) is 36.4 Å².